The highest BCUT2D eigenvalue weighted by Gasteiger charge is 2.20. The number of ether oxygens (including phenoxy) is 1. The molecule has 26 heavy (non-hydrogen) atoms. The summed E-state index contributed by atoms with van der Waals surface area (Å²) in [6.45, 7) is 2.07. The molecule has 5 heteroatoms. The van der Waals surface area contributed by atoms with E-state index < -0.39 is 0 Å². The van der Waals surface area contributed by atoms with Gasteiger partial charge in [-0.05, 0) is 53.8 Å². The Bertz CT molecular complexity index is 887. The zero-order valence-electron chi connectivity index (χ0n) is 14.9. The maximum Gasteiger partial charge on any atom is 0.275 e. The molecule has 1 N–H and O–H groups in total. The van der Waals surface area contributed by atoms with Gasteiger partial charge in [-0.1, -0.05) is 42.8 Å². The number of carbonyl (C=O) groups is 1. The molecule has 1 aliphatic rings. The molecule has 0 saturated heterocycles. The number of hydrogen-bond acceptors (Lipinski definition) is 3. The average Bonchev–Trinajstić information content (AvgIpc) is 3.00. The van der Waals surface area contributed by atoms with E-state index >= 15 is 0 Å². The lowest BCUT2D eigenvalue weighted by molar-refractivity contribution is -0.115. The first-order valence-electron chi connectivity index (χ1n) is 8.61. The number of aryl methyl sites for hydroxylation is 2. The highest BCUT2D eigenvalue weighted by molar-refractivity contribution is 6.31. The van der Waals surface area contributed by atoms with Gasteiger partial charge in [0.15, 0.2) is 0 Å². The Labute approximate surface area is 158 Å². The minimum Gasteiger partial charge on any atom is -0.496 e. The van der Waals surface area contributed by atoms with Crippen LogP contribution in [0.15, 0.2) is 53.2 Å². The van der Waals surface area contributed by atoms with Crippen LogP contribution in [-0.4, -0.2) is 18.9 Å². The standard InChI is InChI=1S/C21H21ClN2O2/c1-3-15-12-14(8-10-19(15)26-2)13-18-21(25)24-20(23-18)11-9-16-6-4-5-7-17(16)22/h4-8,10,12-13H,3,9,11H2,1-2H3,(H,23,24,25)/b18-13+. The molecule has 2 aromatic rings. The lowest BCUT2D eigenvalue weighted by atomic mass is 10.1. The average molecular weight is 369 g/mol. The van der Waals surface area contributed by atoms with Gasteiger partial charge in [0.1, 0.15) is 17.3 Å². The molecule has 0 bridgehead atoms. The Morgan fingerprint density at radius 1 is 1.15 bits per heavy atom. The minimum absolute atomic E-state index is 0.173. The third-order valence-electron chi connectivity index (χ3n) is 4.32. The maximum absolute atomic E-state index is 12.2. The van der Waals surface area contributed by atoms with E-state index in [-0.39, 0.29) is 5.91 Å². The molecule has 4 nitrogen and oxygen atoms in total. The number of carbonyl (C=O) groups excluding carboxylic acids is 1. The first-order chi connectivity index (χ1) is 12.6. The van der Waals surface area contributed by atoms with Crippen molar-refractivity contribution in [2.45, 2.75) is 26.2 Å². The van der Waals surface area contributed by atoms with Crippen molar-refractivity contribution in [2.24, 2.45) is 4.99 Å². The predicted octanol–water partition coefficient (Wildman–Crippen LogP) is 4.41. The Kier molecular flexibility index (Phi) is 5.74. The molecule has 3 rings (SSSR count). The number of amides is 1. The predicted molar refractivity (Wildman–Crippen MR) is 106 cm³/mol. The fourth-order valence-corrected chi connectivity index (χ4v) is 3.14. The molecule has 0 fully saturated rings. The van der Waals surface area contributed by atoms with E-state index in [2.05, 4.69) is 17.2 Å². The van der Waals surface area contributed by atoms with Gasteiger partial charge in [-0.25, -0.2) is 4.99 Å². The van der Waals surface area contributed by atoms with E-state index in [0.29, 0.717) is 18.0 Å². The number of halogens is 1. The Hall–Kier alpha value is -2.59. The lowest BCUT2D eigenvalue weighted by Gasteiger charge is -2.07. The van der Waals surface area contributed by atoms with E-state index in [9.17, 15) is 4.79 Å². The van der Waals surface area contributed by atoms with Gasteiger partial charge >= 0.3 is 0 Å². The van der Waals surface area contributed by atoms with Gasteiger partial charge in [0, 0.05) is 11.4 Å². The monoisotopic (exact) mass is 368 g/mol. The second kappa shape index (κ2) is 8.19. The van der Waals surface area contributed by atoms with Crippen LogP contribution < -0.4 is 10.1 Å². The summed E-state index contributed by atoms with van der Waals surface area (Å²) in [6, 6.07) is 13.6. The summed E-state index contributed by atoms with van der Waals surface area (Å²) in [4.78, 5) is 16.7. The number of rotatable bonds is 6. The Morgan fingerprint density at radius 2 is 1.96 bits per heavy atom. The van der Waals surface area contributed by atoms with Crippen LogP contribution in [0.25, 0.3) is 6.08 Å². The van der Waals surface area contributed by atoms with Crippen LogP contribution in [0, 0.1) is 0 Å². The molecule has 1 amide bonds. The first-order valence-corrected chi connectivity index (χ1v) is 8.99. The fraction of sp³-hybridized carbons (Fsp3) is 0.238. The molecule has 0 aromatic heterocycles. The van der Waals surface area contributed by atoms with E-state index in [1.165, 1.54) is 0 Å². The van der Waals surface area contributed by atoms with Crippen molar-refractivity contribution in [3.63, 3.8) is 0 Å². The van der Waals surface area contributed by atoms with E-state index in [1.54, 1.807) is 13.2 Å². The zero-order chi connectivity index (χ0) is 18.5. The normalized spacial score (nSPS) is 15.1. The van der Waals surface area contributed by atoms with Crippen molar-refractivity contribution in [1.29, 1.82) is 0 Å². The summed E-state index contributed by atoms with van der Waals surface area (Å²) in [5, 5.41) is 3.57. The summed E-state index contributed by atoms with van der Waals surface area (Å²) in [5.41, 5.74) is 3.50. The topological polar surface area (TPSA) is 50.7 Å². The summed E-state index contributed by atoms with van der Waals surface area (Å²) in [5.74, 6) is 1.35. The maximum atomic E-state index is 12.2. The molecule has 1 heterocycles. The third kappa shape index (κ3) is 4.14. The number of aliphatic imine (C=N–C) groups is 1. The molecule has 1 aliphatic heterocycles. The van der Waals surface area contributed by atoms with Crippen LogP contribution in [0.5, 0.6) is 5.75 Å². The van der Waals surface area contributed by atoms with Crippen LogP contribution in [0.2, 0.25) is 5.02 Å². The van der Waals surface area contributed by atoms with Crippen molar-refractivity contribution in [2.75, 3.05) is 7.11 Å². The minimum atomic E-state index is -0.173. The lowest BCUT2D eigenvalue weighted by Crippen LogP contribution is -2.24. The van der Waals surface area contributed by atoms with Crippen molar-refractivity contribution in [3.8, 4) is 5.75 Å². The van der Waals surface area contributed by atoms with Crippen LogP contribution in [-0.2, 0) is 17.6 Å². The number of nitrogens with zero attached hydrogens (tertiary/aromatic N) is 1. The van der Waals surface area contributed by atoms with Gasteiger partial charge in [-0.15, -0.1) is 0 Å². The molecule has 0 unspecified atom stereocenters. The van der Waals surface area contributed by atoms with Gasteiger partial charge in [-0.2, -0.15) is 0 Å². The van der Waals surface area contributed by atoms with Crippen LogP contribution in [0.4, 0.5) is 0 Å². The van der Waals surface area contributed by atoms with Crippen molar-refractivity contribution >= 4 is 29.4 Å². The highest BCUT2D eigenvalue weighted by Crippen LogP contribution is 2.23. The van der Waals surface area contributed by atoms with Crippen LogP contribution in [0.3, 0.4) is 0 Å². The zero-order valence-corrected chi connectivity index (χ0v) is 15.6. The van der Waals surface area contributed by atoms with Crippen molar-refractivity contribution < 1.29 is 9.53 Å². The first kappa shape index (κ1) is 18.2. The molecule has 0 radical (unpaired) electrons. The smallest absolute Gasteiger partial charge is 0.275 e. The second-order valence-electron chi connectivity index (χ2n) is 6.06. The summed E-state index contributed by atoms with van der Waals surface area (Å²) in [7, 11) is 1.66. The molecule has 0 aliphatic carbocycles. The third-order valence-corrected chi connectivity index (χ3v) is 4.69. The Morgan fingerprint density at radius 3 is 2.69 bits per heavy atom. The molecule has 0 spiro atoms. The summed E-state index contributed by atoms with van der Waals surface area (Å²) >= 11 is 6.18. The molecule has 134 valence electrons. The number of benzene rings is 2. The number of methoxy groups -OCH3 is 1. The van der Waals surface area contributed by atoms with Gasteiger partial charge in [0.05, 0.1) is 7.11 Å². The van der Waals surface area contributed by atoms with E-state index in [0.717, 1.165) is 40.3 Å². The molecular formula is C21H21ClN2O2. The fourth-order valence-electron chi connectivity index (χ4n) is 2.91. The van der Waals surface area contributed by atoms with Crippen molar-refractivity contribution in [1.82, 2.24) is 5.32 Å². The van der Waals surface area contributed by atoms with Gasteiger partial charge in [0.2, 0.25) is 0 Å². The van der Waals surface area contributed by atoms with Crippen LogP contribution >= 0.6 is 11.6 Å². The number of hydrogen-bond donors (Lipinski definition) is 1. The summed E-state index contributed by atoms with van der Waals surface area (Å²) in [6.07, 6.45) is 4.03. The SMILES string of the molecule is CCc1cc(/C=C2/N=C(CCc3ccccc3Cl)NC2=O)ccc1OC. The largest absolute Gasteiger partial charge is 0.496 e. The van der Waals surface area contributed by atoms with E-state index in [1.807, 2.05) is 42.5 Å². The van der Waals surface area contributed by atoms with Gasteiger partial charge < -0.3 is 10.1 Å². The molecule has 2 aromatic carbocycles. The molecule has 0 saturated carbocycles. The van der Waals surface area contributed by atoms with Crippen LogP contribution in [0.1, 0.15) is 30.0 Å². The van der Waals surface area contributed by atoms with Gasteiger partial charge in [-0.3, -0.25) is 4.79 Å². The van der Waals surface area contributed by atoms with E-state index in [4.69, 9.17) is 16.3 Å². The molecule has 0 atom stereocenters. The summed E-state index contributed by atoms with van der Waals surface area (Å²) < 4.78 is 5.34. The van der Waals surface area contributed by atoms with Crippen molar-refractivity contribution in [3.05, 3.63) is 69.9 Å². The number of nitrogens with one attached hydrogen (secondary N) is 1. The quantitative estimate of drug-likeness (QED) is 0.767. The Balaban J connectivity index is 1.75. The van der Waals surface area contributed by atoms with Gasteiger partial charge in [0.25, 0.3) is 5.91 Å². The second-order valence-corrected chi connectivity index (χ2v) is 6.47. The highest BCUT2D eigenvalue weighted by atomic mass is 35.5. The molecular weight excluding hydrogens is 348 g/mol. The number of amidine groups is 1.